The number of hydrogen-bond donors (Lipinski definition) is 1. The highest BCUT2D eigenvalue weighted by Crippen LogP contribution is 2.31. The molecule has 0 unspecified atom stereocenters. The van der Waals surface area contributed by atoms with E-state index < -0.39 is 0 Å². The van der Waals surface area contributed by atoms with Crippen LogP contribution in [0.15, 0.2) is 29.1 Å². The second-order valence-electron chi connectivity index (χ2n) is 6.77. The highest BCUT2D eigenvalue weighted by molar-refractivity contribution is 5.63. The molecule has 2 aromatic rings. The third-order valence-corrected chi connectivity index (χ3v) is 4.55. The number of aromatic nitrogens is 2. The molecule has 0 amide bonds. The van der Waals surface area contributed by atoms with Crippen LogP contribution in [0.2, 0.25) is 0 Å². The van der Waals surface area contributed by atoms with Gasteiger partial charge in [0.05, 0.1) is 0 Å². The van der Waals surface area contributed by atoms with Gasteiger partial charge in [-0.05, 0) is 50.2 Å². The van der Waals surface area contributed by atoms with Gasteiger partial charge in [-0.15, -0.1) is 0 Å². The summed E-state index contributed by atoms with van der Waals surface area (Å²) >= 11 is 0. The van der Waals surface area contributed by atoms with Gasteiger partial charge in [-0.3, -0.25) is 9.78 Å². The summed E-state index contributed by atoms with van der Waals surface area (Å²) in [6.45, 7) is 7.20. The first kappa shape index (κ1) is 15.8. The normalized spacial score (nSPS) is 14.2. The average molecular weight is 311 g/mol. The molecule has 0 saturated heterocycles. The van der Waals surface area contributed by atoms with Crippen molar-refractivity contribution in [2.75, 3.05) is 11.4 Å². The smallest absolute Gasteiger partial charge is 0.255 e. The van der Waals surface area contributed by atoms with Crippen LogP contribution in [0.4, 0.5) is 11.6 Å². The van der Waals surface area contributed by atoms with Crippen LogP contribution in [0.5, 0.6) is 0 Å². The zero-order valence-corrected chi connectivity index (χ0v) is 14.2. The van der Waals surface area contributed by atoms with Gasteiger partial charge in [0.1, 0.15) is 0 Å². The van der Waals surface area contributed by atoms with E-state index in [1.807, 2.05) is 13.0 Å². The minimum Gasteiger partial charge on any atom is -0.312 e. The SMILES string of the molecule is Cc1nc(N2CCCc3ccccc32)[nH]c(=O)c1CCC(C)C. The maximum atomic E-state index is 12.5. The average Bonchev–Trinajstić information content (AvgIpc) is 2.53. The lowest BCUT2D eigenvalue weighted by molar-refractivity contribution is 0.582. The van der Waals surface area contributed by atoms with E-state index in [2.05, 4.69) is 41.9 Å². The van der Waals surface area contributed by atoms with Gasteiger partial charge < -0.3 is 4.90 Å². The summed E-state index contributed by atoms with van der Waals surface area (Å²) in [4.78, 5) is 22.4. The van der Waals surface area contributed by atoms with Gasteiger partial charge in [-0.25, -0.2) is 4.98 Å². The topological polar surface area (TPSA) is 49.0 Å². The molecule has 0 atom stereocenters. The lowest BCUT2D eigenvalue weighted by atomic mass is 10.0. The minimum absolute atomic E-state index is 0.0104. The maximum absolute atomic E-state index is 12.5. The third-order valence-electron chi connectivity index (χ3n) is 4.55. The fourth-order valence-corrected chi connectivity index (χ4v) is 3.20. The summed E-state index contributed by atoms with van der Waals surface area (Å²) < 4.78 is 0. The van der Waals surface area contributed by atoms with E-state index >= 15 is 0 Å². The second kappa shape index (κ2) is 6.57. The van der Waals surface area contributed by atoms with Gasteiger partial charge in [-0.2, -0.15) is 0 Å². The standard InChI is InChI=1S/C19H25N3O/c1-13(2)10-11-16-14(3)20-19(21-18(16)23)22-12-6-8-15-7-4-5-9-17(15)22/h4-5,7,9,13H,6,8,10-12H2,1-3H3,(H,20,21,23). The Morgan fingerprint density at radius 2 is 2.09 bits per heavy atom. The number of para-hydroxylation sites is 1. The molecule has 0 aliphatic carbocycles. The van der Waals surface area contributed by atoms with E-state index in [1.54, 1.807) is 0 Å². The highest BCUT2D eigenvalue weighted by Gasteiger charge is 2.20. The van der Waals surface area contributed by atoms with Gasteiger partial charge in [0.15, 0.2) is 0 Å². The lowest BCUT2D eigenvalue weighted by Crippen LogP contribution is -2.29. The highest BCUT2D eigenvalue weighted by atomic mass is 16.1. The summed E-state index contributed by atoms with van der Waals surface area (Å²) in [6.07, 6.45) is 3.97. The van der Waals surface area contributed by atoms with Gasteiger partial charge in [-0.1, -0.05) is 32.0 Å². The molecule has 1 aliphatic heterocycles. The lowest BCUT2D eigenvalue weighted by Gasteiger charge is -2.30. The molecule has 0 radical (unpaired) electrons. The Morgan fingerprint density at radius 3 is 2.83 bits per heavy atom. The number of aryl methyl sites for hydroxylation is 2. The predicted octanol–water partition coefficient (Wildman–Crippen LogP) is 3.75. The predicted molar refractivity (Wildman–Crippen MR) is 94.5 cm³/mol. The number of benzene rings is 1. The number of anilines is 2. The summed E-state index contributed by atoms with van der Waals surface area (Å²) in [5.41, 5.74) is 4.18. The second-order valence-corrected chi connectivity index (χ2v) is 6.77. The van der Waals surface area contributed by atoms with Crippen LogP contribution in [-0.4, -0.2) is 16.5 Å². The number of rotatable bonds is 4. The van der Waals surface area contributed by atoms with Crippen LogP contribution >= 0.6 is 0 Å². The van der Waals surface area contributed by atoms with Crippen molar-refractivity contribution in [1.29, 1.82) is 0 Å². The largest absolute Gasteiger partial charge is 0.312 e. The van der Waals surface area contributed by atoms with E-state index in [4.69, 9.17) is 4.98 Å². The van der Waals surface area contributed by atoms with Crippen molar-refractivity contribution in [3.63, 3.8) is 0 Å². The Morgan fingerprint density at radius 1 is 1.30 bits per heavy atom. The van der Waals surface area contributed by atoms with Gasteiger partial charge in [0.25, 0.3) is 5.56 Å². The van der Waals surface area contributed by atoms with E-state index in [-0.39, 0.29) is 5.56 Å². The Kier molecular flexibility index (Phi) is 4.51. The summed E-state index contributed by atoms with van der Waals surface area (Å²) in [5, 5.41) is 0. The van der Waals surface area contributed by atoms with Crippen LogP contribution in [0.1, 0.15) is 43.5 Å². The Labute approximate surface area is 137 Å². The van der Waals surface area contributed by atoms with Gasteiger partial charge in [0.2, 0.25) is 5.95 Å². The number of nitrogens with one attached hydrogen (secondary N) is 1. The molecule has 0 bridgehead atoms. The van der Waals surface area contributed by atoms with Gasteiger partial charge >= 0.3 is 0 Å². The first-order valence-corrected chi connectivity index (χ1v) is 8.51. The molecule has 1 aromatic heterocycles. The first-order chi connectivity index (χ1) is 11.1. The molecule has 122 valence electrons. The molecule has 1 aromatic carbocycles. The molecule has 4 heteroatoms. The van der Waals surface area contributed by atoms with Crippen molar-refractivity contribution < 1.29 is 0 Å². The summed E-state index contributed by atoms with van der Waals surface area (Å²) in [5.74, 6) is 1.26. The van der Waals surface area contributed by atoms with Crippen molar-refractivity contribution in [2.45, 2.75) is 46.5 Å². The molecule has 1 N–H and O–H groups in total. The van der Waals surface area contributed by atoms with E-state index in [1.165, 1.54) is 5.56 Å². The zero-order chi connectivity index (χ0) is 16.4. The van der Waals surface area contributed by atoms with Crippen molar-refractivity contribution in [1.82, 2.24) is 9.97 Å². The van der Waals surface area contributed by atoms with Crippen molar-refractivity contribution in [2.24, 2.45) is 5.92 Å². The number of aromatic amines is 1. The molecule has 0 spiro atoms. The van der Waals surface area contributed by atoms with Crippen LogP contribution in [0.3, 0.4) is 0 Å². The fraction of sp³-hybridized carbons (Fsp3) is 0.474. The molecular formula is C19H25N3O. The quantitative estimate of drug-likeness (QED) is 0.935. The van der Waals surface area contributed by atoms with Crippen molar-refractivity contribution in [3.05, 3.63) is 51.4 Å². The fourth-order valence-electron chi connectivity index (χ4n) is 3.20. The molecule has 2 heterocycles. The summed E-state index contributed by atoms with van der Waals surface area (Å²) in [7, 11) is 0. The first-order valence-electron chi connectivity index (χ1n) is 8.51. The van der Waals surface area contributed by atoms with Gasteiger partial charge in [0, 0.05) is 23.5 Å². The van der Waals surface area contributed by atoms with Crippen LogP contribution in [0.25, 0.3) is 0 Å². The molecular weight excluding hydrogens is 286 g/mol. The Balaban J connectivity index is 1.95. The molecule has 3 rings (SSSR count). The van der Waals surface area contributed by atoms with E-state index in [9.17, 15) is 4.79 Å². The Hall–Kier alpha value is -2.10. The van der Waals surface area contributed by atoms with Crippen LogP contribution in [-0.2, 0) is 12.8 Å². The molecule has 0 saturated carbocycles. The maximum Gasteiger partial charge on any atom is 0.255 e. The van der Waals surface area contributed by atoms with Crippen molar-refractivity contribution >= 4 is 11.6 Å². The van der Waals surface area contributed by atoms with Crippen LogP contribution in [0, 0.1) is 12.8 Å². The molecule has 0 fully saturated rings. The monoisotopic (exact) mass is 311 g/mol. The van der Waals surface area contributed by atoms with Crippen molar-refractivity contribution in [3.8, 4) is 0 Å². The van der Waals surface area contributed by atoms with E-state index in [0.29, 0.717) is 11.9 Å². The van der Waals surface area contributed by atoms with E-state index in [0.717, 1.165) is 49.2 Å². The zero-order valence-electron chi connectivity index (χ0n) is 14.2. The molecule has 4 nitrogen and oxygen atoms in total. The number of hydrogen-bond acceptors (Lipinski definition) is 3. The number of fused-ring (bicyclic) bond motifs is 1. The molecule has 1 aliphatic rings. The number of H-pyrrole nitrogens is 1. The Bertz CT molecular complexity index is 749. The third kappa shape index (κ3) is 3.31. The number of nitrogens with zero attached hydrogens (tertiary/aromatic N) is 2. The molecule has 23 heavy (non-hydrogen) atoms. The van der Waals surface area contributed by atoms with Crippen LogP contribution < -0.4 is 10.5 Å². The summed E-state index contributed by atoms with van der Waals surface area (Å²) in [6, 6.07) is 8.37. The minimum atomic E-state index is 0.0104.